The molecule has 0 radical (unpaired) electrons. The SMILES string of the molecule is CC.CCCCNc1nc(C)ccc1CC. The summed E-state index contributed by atoms with van der Waals surface area (Å²) < 4.78 is 0. The first-order chi connectivity index (χ1) is 7.77. The van der Waals surface area contributed by atoms with Gasteiger partial charge in [-0.2, -0.15) is 0 Å². The van der Waals surface area contributed by atoms with Crippen molar-refractivity contribution in [2.75, 3.05) is 11.9 Å². The van der Waals surface area contributed by atoms with Crippen molar-refractivity contribution in [3.05, 3.63) is 23.4 Å². The summed E-state index contributed by atoms with van der Waals surface area (Å²) in [6, 6.07) is 4.24. The van der Waals surface area contributed by atoms with Gasteiger partial charge in [0.15, 0.2) is 0 Å². The minimum Gasteiger partial charge on any atom is -0.370 e. The number of unbranched alkanes of at least 4 members (excludes halogenated alkanes) is 1. The number of rotatable bonds is 5. The van der Waals surface area contributed by atoms with Crippen LogP contribution >= 0.6 is 0 Å². The van der Waals surface area contributed by atoms with Gasteiger partial charge in [-0.05, 0) is 31.4 Å². The molecular formula is C14H26N2. The van der Waals surface area contributed by atoms with Crippen LogP contribution in [0.3, 0.4) is 0 Å². The van der Waals surface area contributed by atoms with Crippen molar-refractivity contribution in [3.8, 4) is 0 Å². The van der Waals surface area contributed by atoms with Crippen molar-refractivity contribution in [1.82, 2.24) is 4.98 Å². The molecule has 2 heteroatoms. The second-order valence-corrected chi connectivity index (χ2v) is 3.59. The van der Waals surface area contributed by atoms with Crippen LogP contribution < -0.4 is 5.32 Å². The third-order valence-electron chi connectivity index (χ3n) is 2.32. The zero-order valence-electron chi connectivity index (χ0n) is 11.4. The van der Waals surface area contributed by atoms with Gasteiger partial charge in [-0.25, -0.2) is 4.98 Å². The van der Waals surface area contributed by atoms with E-state index in [9.17, 15) is 0 Å². The predicted molar refractivity (Wildman–Crippen MR) is 73.1 cm³/mol. The molecule has 0 fully saturated rings. The summed E-state index contributed by atoms with van der Waals surface area (Å²) in [6.07, 6.45) is 3.47. The molecule has 1 N–H and O–H groups in total. The van der Waals surface area contributed by atoms with Gasteiger partial charge in [-0.1, -0.05) is 40.2 Å². The Balaban J connectivity index is 0.00000106. The van der Waals surface area contributed by atoms with Crippen LogP contribution in [-0.4, -0.2) is 11.5 Å². The van der Waals surface area contributed by atoms with E-state index in [0.29, 0.717) is 0 Å². The monoisotopic (exact) mass is 222 g/mol. The first-order valence-corrected chi connectivity index (χ1v) is 6.48. The lowest BCUT2D eigenvalue weighted by molar-refractivity contribution is 0.828. The standard InChI is InChI=1S/C12H20N2.C2H6/c1-4-6-9-13-12-11(5-2)8-7-10(3)14-12;1-2/h7-8H,4-6,9H2,1-3H3,(H,13,14);1-2H3. The van der Waals surface area contributed by atoms with Crippen molar-refractivity contribution < 1.29 is 0 Å². The first-order valence-electron chi connectivity index (χ1n) is 6.48. The highest BCUT2D eigenvalue weighted by molar-refractivity contribution is 5.44. The molecule has 0 bridgehead atoms. The Morgan fingerprint density at radius 1 is 1.19 bits per heavy atom. The minimum absolute atomic E-state index is 1.03. The fourth-order valence-corrected chi connectivity index (χ4v) is 1.41. The molecule has 0 atom stereocenters. The molecule has 0 unspecified atom stereocenters. The summed E-state index contributed by atoms with van der Waals surface area (Å²) >= 11 is 0. The maximum absolute atomic E-state index is 4.50. The fourth-order valence-electron chi connectivity index (χ4n) is 1.41. The Hall–Kier alpha value is -1.05. The largest absolute Gasteiger partial charge is 0.370 e. The number of aryl methyl sites for hydroxylation is 2. The molecule has 0 saturated carbocycles. The molecule has 1 aromatic rings. The van der Waals surface area contributed by atoms with E-state index in [0.717, 1.165) is 24.5 Å². The number of hydrogen-bond donors (Lipinski definition) is 1. The lowest BCUT2D eigenvalue weighted by atomic mass is 10.2. The number of nitrogens with zero attached hydrogens (tertiary/aromatic N) is 1. The van der Waals surface area contributed by atoms with Gasteiger partial charge in [0.2, 0.25) is 0 Å². The van der Waals surface area contributed by atoms with Crippen molar-refractivity contribution in [3.63, 3.8) is 0 Å². The average Bonchev–Trinajstić information content (AvgIpc) is 2.32. The summed E-state index contributed by atoms with van der Waals surface area (Å²) in [5.41, 5.74) is 2.40. The zero-order valence-corrected chi connectivity index (χ0v) is 11.4. The Morgan fingerprint density at radius 3 is 2.44 bits per heavy atom. The van der Waals surface area contributed by atoms with Crippen LogP contribution in [0.5, 0.6) is 0 Å². The van der Waals surface area contributed by atoms with E-state index in [1.54, 1.807) is 0 Å². The highest BCUT2D eigenvalue weighted by Gasteiger charge is 2.01. The number of hydrogen-bond acceptors (Lipinski definition) is 2. The van der Waals surface area contributed by atoms with Crippen molar-refractivity contribution in [1.29, 1.82) is 0 Å². The molecule has 2 nitrogen and oxygen atoms in total. The van der Waals surface area contributed by atoms with Gasteiger partial charge in [0.05, 0.1) is 0 Å². The molecule has 0 spiro atoms. The van der Waals surface area contributed by atoms with Crippen LogP contribution in [0.2, 0.25) is 0 Å². The number of aromatic nitrogens is 1. The van der Waals surface area contributed by atoms with Crippen LogP contribution in [-0.2, 0) is 6.42 Å². The third kappa shape index (κ3) is 5.15. The van der Waals surface area contributed by atoms with Crippen LogP contribution in [0.15, 0.2) is 12.1 Å². The lowest BCUT2D eigenvalue weighted by Gasteiger charge is -2.09. The Bertz CT molecular complexity index is 282. The molecule has 16 heavy (non-hydrogen) atoms. The van der Waals surface area contributed by atoms with E-state index in [-0.39, 0.29) is 0 Å². The van der Waals surface area contributed by atoms with Gasteiger partial charge < -0.3 is 5.32 Å². The number of anilines is 1. The molecule has 1 heterocycles. The summed E-state index contributed by atoms with van der Waals surface area (Å²) in [6.45, 7) is 11.4. The molecule has 1 rings (SSSR count). The lowest BCUT2D eigenvalue weighted by Crippen LogP contribution is -2.06. The maximum Gasteiger partial charge on any atom is 0.129 e. The average molecular weight is 222 g/mol. The van der Waals surface area contributed by atoms with Crippen LogP contribution in [0.1, 0.15) is 51.8 Å². The van der Waals surface area contributed by atoms with E-state index in [1.165, 1.54) is 18.4 Å². The summed E-state index contributed by atoms with van der Waals surface area (Å²) in [5, 5.41) is 3.39. The first kappa shape index (κ1) is 14.9. The smallest absolute Gasteiger partial charge is 0.129 e. The van der Waals surface area contributed by atoms with E-state index >= 15 is 0 Å². The summed E-state index contributed by atoms with van der Waals surface area (Å²) in [5.74, 6) is 1.07. The molecular weight excluding hydrogens is 196 g/mol. The highest BCUT2D eigenvalue weighted by atomic mass is 15.0. The molecule has 0 amide bonds. The van der Waals surface area contributed by atoms with Crippen LogP contribution in [0.25, 0.3) is 0 Å². The Kier molecular flexibility index (Phi) is 8.59. The maximum atomic E-state index is 4.50. The molecule has 92 valence electrons. The molecule has 0 aliphatic carbocycles. The van der Waals surface area contributed by atoms with E-state index in [1.807, 2.05) is 20.8 Å². The zero-order chi connectivity index (χ0) is 12.4. The highest BCUT2D eigenvalue weighted by Crippen LogP contribution is 2.13. The summed E-state index contributed by atoms with van der Waals surface area (Å²) in [4.78, 5) is 4.50. The van der Waals surface area contributed by atoms with Crippen LogP contribution in [0, 0.1) is 6.92 Å². The van der Waals surface area contributed by atoms with Gasteiger partial charge in [-0.3, -0.25) is 0 Å². The molecule has 0 aliphatic heterocycles. The van der Waals surface area contributed by atoms with E-state index in [4.69, 9.17) is 0 Å². The normalized spacial score (nSPS) is 9.31. The van der Waals surface area contributed by atoms with Crippen molar-refractivity contribution in [2.45, 2.75) is 53.9 Å². The van der Waals surface area contributed by atoms with Gasteiger partial charge in [-0.15, -0.1) is 0 Å². The topological polar surface area (TPSA) is 24.9 Å². The van der Waals surface area contributed by atoms with Gasteiger partial charge in [0, 0.05) is 12.2 Å². The minimum atomic E-state index is 1.03. The quantitative estimate of drug-likeness (QED) is 0.756. The van der Waals surface area contributed by atoms with Crippen LogP contribution in [0.4, 0.5) is 5.82 Å². The Morgan fingerprint density at radius 2 is 1.88 bits per heavy atom. The van der Waals surface area contributed by atoms with Gasteiger partial charge in [0.25, 0.3) is 0 Å². The molecule has 0 saturated heterocycles. The van der Waals surface area contributed by atoms with Crippen molar-refractivity contribution in [2.24, 2.45) is 0 Å². The second-order valence-electron chi connectivity index (χ2n) is 3.59. The predicted octanol–water partition coefficient (Wildman–Crippen LogP) is 4.19. The van der Waals surface area contributed by atoms with Crippen molar-refractivity contribution >= 4 is 5.82 Å². The molecule has 0 aliphatic rings. The molecule has 0 aromatic carbocycles. The third-order valence-corrected chi connectivity index (χ3v) is 2.32. The van der Waals surface area contributed by atoms with Gasteiger partial charge in [0.1, 0.15) is 5.82 Å². The second kappa shape index (κ2) is 9.20. The Labute approximate surface area is 100 Å². The van der Waals surface area contributed by atoms with E-state index < -0.39 is 0 Å². The molecule has 1 aromatic heterocycles. The van der Waals surface area contributed by atoms with Gasteiger partial charge >= 0.3 is 0 Å². The number of pyridine rings is 1. The fraction of sp³-hybridized carbons (Fsp3) is 0.643. The number of nitrogens with one attached hydrogen (secondary N) is 1. The van der Waals surface area contributed by atoms with E-state index in [2.05, 4.69) is 36.3 Å². The summed E-state index contributed by atoms with van der Waals surface area (Å²) in [7, 11) is 0.